The lowest BCUT2D eigenvalue weighted by molar-refractivity contribution is -0.150. The fourth-order valence-electron chi connectivity index (χ4n) is 6.07. The first-order valence-electron chi connectivity index (χ1n) is 9.22. The number of halogens is 3. The summed E-state index contributed by atoms with van der Waals surface area (Å²) in [5.74, 6) is 1.11. The average molecular weight is 426 g/mol. The molecule has 27 heavy (non-hydrogen) atoms. The van der Waals surface area contributed by atoms with E-state index in [1.54, 1.807) is 24.5 Å². The number of benzene rings is 1. The number of anilines is 1. The van der Waals surface area contributed by atoms with Gasteiger partial charge in [0.05, 0.1) is 21.7 Å². The van der Waals surface area contributed by atoms with E-state index in [0.29, 0.717) is 27.6 Å². The molecule has 4 fully saturated rings. The van der Waals surface area contributed by atoms with Crippen molar-refractivity contribution in [1.82, 2.24) is 14.8 Å². The molecule has 0 saturated heterocycles. The third-order valence-electron chi connectivity index (χ3n) is 6.64. The van der Waals surface area contributed by atoms with Crippen LogP contribution in [0.4, 0.5) is 5.69 Å². The van der Waals surface area contributed by atoms with E-state index in [2.05, 4.69) is 15.4 Å². The molecule has 4 aliphatic rings. The van der Waals surface area contributed by atoms with Crippen LogP contribution >= 0.6 is 34.8 Å². The SMILES string of the molecule is O=C(Nc1ccc(Cl)cc1Cl)C12C[C@H]3C[C@@H](C1)CC(n1cnc(Cl)n1)(C3)C2. The van der Waals surface area contributed by atoms with Crippen LogP contribution in [0.15, 0.2) is 24.5 Å². The Morgan fingerprint density at radius 2 is 1.89 bits per heavy atom. The Morgan fingerprint density at radius 1 is 1.15 bits per heavy atom. The third kappa shape index (κ3) is 2.86. The topological polar surface area (TPSA) is 59.8 Å². The second-order valence-corrected chi connectivity index (χ2v) is 9.68. The van der Waals surface area contributed by atoms with E-state index in [1.807, 2.05) is 4.68 Å². The fraction of sp³-hybridized carbons (Fsp3) is 0.526. The highest BCUT2D eigenvalue weighted by Gasteiger charge is 2.61. The van der Waals surface area contributed by atoms with Gasteiger partial charge in [-0.05, 0) is 80.2 Å². The fourth-order valence-corrected chi connectivity index (χ4v) is 6.65. The molecule has 4 atom stereocenters. The Kier molecular flexibility index (Phi) is 4.01. The van der Waals surface area contributed by atoms with Gasteiger partial charge in [0.15, 0.2) is 0 Å². The van der Waals surface area contributed by atoms with Crippen LogP contribution in [0.1, 0.15) is 38.5 Å². The van der Waals surface area contributed by atoms with Crippen molar-refractivity contribution in [3.05, 3.63) is 39.9 Å². The number of nitrogens with zero attached hydrogens (tertiary/aromatic N) is 3. The molecule has 4 saturated carbocycles. The minimum absolute atomic E-state index is 0.0522. The van der Waals surface area contributed by atoms with Crippen LogP contribution < -0.4 is 5.32 Å². The van der Waals surface area contributed by atoms with Crippen molar-refractivity contribution in [2.45, 2.75) is 44.1 Å². The molecule has 6 rings (SSSR count). The normalized spacial score (nSPS) is 34.0. The molecule has 2 unspecified atom stereocenters. The van der Waals surface area contributed by atoms with Crippen LogP contribution in [-0.4, -0.2) is 20.7 Å². The Labute approximate surface area is 172 Å². The number of aromatic nitrogens is 3. The second-order valence-electron chi connectivity index (χ2n) is 8.50. The summed E-state index contributed by atoms with van der Waals surface area (Å²) in [5, 5.41) is 8.74. The molecular weight excluding hydrogens is 407 g/mol. The zero-order valence-electron chi connectivity index (χ0n) is 14.6. The molecule has 2 aromatic rings. The van der Waals surface area contributed by atoms with Gasteiger partial charge in [-0.15, -0.1) is 5.10 Å². The van der Waals surface area contributed by atoms with Crippen LogP contribution in [-0.2, 0) is 10.3 Å². The van der Waals surface area contributed by atoms with Crippen molar-refractivity contribution in [2.24, 2.45) is 17.3 Å². The Hall–Kier alpha value is -1.30. The molecule has 0 radical (unpaired) electrons. The smallest absolute Gasteiger partial charge is 0.242 e. The number of carbonyl (C=O) groups is 1. The third-order valence-corrected chi connectivity index (χ3v) is 7.36. The van der Waals surface area contributed by atoms with Gasteiger partial charge in [-0.3, -0.25) is 4.79 Å². The quantitative estimate of drug-likeness (QED) is 0.737. The average Bonchev–Trinajstić information content (AvgIpc) is 3.03. The van der Waals surface area contributed by atoms with Crippen LogP contribution in [0.5, 0.6) is 0 Å². The monoisotopic (exact) mass is 424 g/mol. The predicted octanol–water partition coefficient (Wildman–Crippen LogP) is 5.17. The van der Waals surface area contributed by atoms with Crippen LogP contribution in [0.25, 0.3) is 0 Å². The lowest BCUT2D eigenvalue weighted by Gasteiger charge is -2.60. The standard InChI is InChI=1S/C19H19Cl3N4O/c20-13-1-2-15(14(21)4-13)24-16(27)18-5-11-3-12(6-18)8-19(7-11,9-18)26-10-23-17(22)25-26/h1-2,4,10-12H,3,5-9H2,(H,24,27)/t11-,12+,18?,19?. The van der Waals surface area contributed by atoms with E-state index >= 15 is 0 Å². The van der Waals surface area contributed by atoms with Crippen molar-refractivity contribution in [1.29, 1.82) is 0 Å². The van der Waals surface area contributed by atoms with Gasteiger partial charge in [-0.1, -0.05) is 23.2 Å². The lowest BCUT2D eigenvalue weighted by atomic mass is 9.46. The number of rotatable bonds is 3. The Balaban J connectivity index is 1.47. The molecule has 5 nitrogen and oxygen atoms in total. The number of carbonyl (C=O) groups excluding carboxylic acids is 1. The second kappa shape index (κ2) is 6.10. The van der Waals surface area contributed by atoms with Gasteiger partial charge >= 0.3 is 0 Å². The van der Waals surface area contributed by atoms with E-state index < -0.39 is 5.41 Å². The number of nitrogens with one attached hydrogen (secondary N) is 1. The van der Waals surface area contributed by atoms with E-state index in [0.717, 1.165) is 32.1 Å². The molecule has 4 aliphatic carbocycles. The summed E-state index contributed by atoms with van der Waals surface area (Å²) < 4.78 is 1.92. The minimum Gasteiger partial charge on any atom is -0.324 e. The van der Waals surface area contributed by atoms with E-state index in [9.17, 15) is 4.79 Å². The largest absolute Gasteiger partial charge is 0.324 e. The van der Waals surface area contributed by atoms with Crippen LogP contribution in [0.3, 0.4) is 0 Å². The highest BCUT2D eigenvalue weighted by molar-refractivity contribution is 6.36. The van der Waals surface area contributed by atoms with Gasteiger partial charge in [0.1, 0.15) is 6.33 Å². The van der Waals surface area contributed by atoms with Crippen molar-refractivity contribution >= 4 is 46.4 Å². The summed E-state index contributed by atoms with van der Waals surface area (Å²) in [7, 11) is 0. The van der Waals surface area contributed by atoms with Gasteiger partial charge in [-0.2, -0.15) is 0 Å². The summed E-state index contributed by atoms with van der Waals surface area (Å²) in [6.07, 6.45) is 7.61. The van der Waals surface area contributed by atoms with E-state index in [1.165, 1.54) is 6.42 Å². The van der Waals surface area contributed by atoms with Gasteiger partial charge in [-0.25, -0.2) is 9.67 Å². The molecule has 1 heterocycles. The molecule has 1 aromatic carbocycles. The highest BCUT2D eigenvalue weighted by Crippen LogP contribution is 2.64. The molecule has 0 spiro atoms. The molecule has 142 valence electrons. The van der Waals surface area contributed by atoms with E-state index in [-0.39, 0.29) is 16.7 Å². The van der Waals surface area contributed by atoms with Gasteiger partial charge in [0.25, 0.3) is 0 Å². The minimum atomic E-state index is -0.397. The first-order chi connectivity index (χ1) is 12.9. The number of hydrogen-bond acceptors (Lipinski definition) is 3. The van der Waals surface area contributed by atoms with Gasteiger partial charge in [0.2, 0.25) is 11.2 Å². The summed E-state index contributed by atoms with van der Waals surface area (Å²) in [4.78, 5) is 17.5. The van der Waals surface area contributed by atoms with Crippen molar-refractivity contribution in [3.63, 3.8) is 0 Å². The molecule has 0 aliphatic heterocycles. The molecule has 1 amide bonds. The first-order valence-corrected chi connectivity index (χ1v) is 10.4. The van der Waals surface area contributed by atoms with Crippen LogP contribution in [0.2, 0.25) is 15.3 Å². The van der Waals surface area contributed by atoms with Crippen LogP contribution in [0, 0.1) is 17.3 Å². The van der Waals surface area contributed by atoms with Crippen molar-refractivity contribution in [3.8, 4) is 0 Å². The summed E-state index contributed by atoms with van der Waals surface area (Å²) in [6.45, 7) is 0. The number of amides is 1. The molecule has 1 aromatic heterocycles. The summed E-state index contributed by atoms with van der Waals surface area (Å²) in [6, 6.07) is 5.15. The molecule has 1 N–H and O–H groups in total. The van der Waals surface area contributed by atoms with Gasteiger partial charge in [0, 0.05) is 5.02 Å². The predicted molar refractivity (Wildman–Crippen MR) is 105 cm³/mol. The molecule has 8 heteroatoms. The summed E-state index contributed by atoms with van der Waals surface area (Å²) in [5.41, 5.74) is 0.0521. The zero-order valence-corrected chi connectivity index (χ0v) is 16.9. The maximum absolute atomic E-state index is 13.4. The lowest BCUT2D eigenvalue weighted by Crippen LogP contribution is -2.60. The maximum Gasteiger partial charge on any atom is 0.242 e. The first kappa shape index (κ1) is 17.8. The zero-order chi connectivity index (χ0) is 18.8. The Morgan fingerprint density at radius 3 is 2.52 bits per heavy atom. The highest BCUT2D eigenvalue weighted by atomic mass is 35.5. The number of hydrogen-bond donors (Lipinski definition) is 1. The van der Waals surface area contributed by atoms with Crippen molar-refractivity contribution < 1.29 is 4.79 Å². The van der Waals surface area contributed by atoms with E-state index in [4.69, 9.17) is 34.8 Å². The molecule has 4 bridgehead atoms. The van der Waals surface area contributed by atoms with Crippen molar-refractivity contribution in [2.75, 3.05) is 5.32 Å². The maximum atomic E-state index is 13.4. The summed E-state index contributed by atoms with van der Waals surface area (Å²) >= 11 is 18.2. The Bertz CT molecular complexity index is 913. The molecular formula is C19H19Cl3N4O. The van der Waals surface area contributed by atoms with Gasteiger partial charge < -0.3 is 5.32 Å².